The quantitative estimate of drug-likeness (QED) is 0.116. The summed E-state index contributed by atoms with van der Waals surface area (Å²) in [6.07, 6.45) is 12.8. The normalized spacial score (nSPS) is 11.2. The second-order valence-electron chi connectivity index (χ2n) is 8.15. The minimum Gasteiger partial charge on any atom is -0.493 e. The lowest BCUT2D eigenvalue weighted by Gasteiger charge is -2.27. The zero-order chi connectivity index (χ0) is 23.0. The van der Waals surface area contributed by atoms with E-state index in [-0.39, 0.29) is 0 Å². The van der Waals surface area contributed by atoms with Crippen LogP contribution in [0.1, 0.15) is 97.8 Å². The molecule has 0 fully saturated rings. The molecular formula is C26H42O5. The molecule has 0 atom stereocenters. The number of unbranched alkanes of at least 4 members (excludes halogenated alkanes) is 9. The number of carbonyl (C=O) groups is 2. The summed E-state index contributed by atoms with van der Waals surface area (Å²) in [5.74, 6) is -0.317. The molecular weight excluding hydrogens is 392 g/mol. The van der Waals surface area contributed by atoms with Gasteiger partial charge in [-0.25, -0.2) is 0 Å². The minimum atomic E-state index is -1.29. The van der Waals surface area contributed by atoms with Crippen molar-refractivity contribution < 1.29 is 23.8 Å². The van der Waals surface area contributed by atoms with Crippen molar-refractivity contribution in [2.24, 2.45) is 5.41 Å². The van der Waals surface area contributed by atoms with E-state index in [4.69, 9.17) is 14.2 Å². The molecule has 0 saturated heterocycles. The van der Waals surface area contributed by atoms with E-state index in [1.54, 1.807) is 24.3 Å². The number of esters is 2. The molecule has 1 aromatic rings. The number of hydrogen-bond donors (Lipinski definition) is 0. The van der Waals surface area contributed by atoms with Gasteiger partial charge in [0.15, 0.2) is 16.9 Å². The highest BCUT2D eigenvalue weighted by Gasteiger charge is 2.46. The predicted octanol–water partition coefficient (Wildman–Crippen LogP) is 6.87. The molecule has 0 radical (unpaired) electrons. The molecule has 0 aromatic heterocycles. The van der Waals surface area contributed by atoms with E-state index < -0.39 is 17.4 Å². The van der Waals surface area contributed by atoms with Gasteiger partial charge in [0.05, 0.1) is 13.7 Å². The van der Waals surface area contributed by atoms with Gasteiger partial charge in [0.2, 0.25) is 0 Å². The predicted molar refractivity (Wildman–Crippen MR) is 124 cm³/mol. The lowest BCUT2D eigenvalue weighted by Crippen LogP contribution is -2.42. The number of rotatable bonds is 17. The average molecular weight is 435 g/mol. The van der Waals surface area contributed by atoms with Crippen LogP contribution in [0.25, 0.3) is 0 Å². The lowest BCUT2D eigenvalue weighted by molar-refractivity contribution is -0.168. The topological polar surface area (TPSA) is 61.8 Å². The second-order valence-corrected chi connectivity index (χ2v) is 8.15. The number of hydrogen-bond acceptors (Lipinski definition) is 5. The first-order valence-electron chi connectivity index (χ1n) is 12.1. The summed E-state index contributed by atoms with van der Waals surface area (Å²) in [4.78, 5) is 25.7. The Bertz CT molecular complexity index is 636. The highest BCUT2D eigenvalue weighted by molar-refractivity contribution is 6.00. The molecule has 1 rings (SSSR count). The Labute approximate surface area is 188 Å². The zero-order valence-electron chi connectivity index (χ0n) is 20.0. The van der Waals surface area contributed by atoms with Gasteiger partial charge < -0.3 is 14.2 Å². The average Bonchev–Trinajstić information content (AvgIpc) is 2.79. The van der Waals surface area contributed by atoms with Crippen LogP contribution in [-0.2, 0) is 14.3 Å². The van der Waals surface area contributed by atoms with Gasteiger partial charge in [0, 0.05) is 0 Å². The molecule has 0 aliphatic carbocycles. The third-order valence-corrected chi connectivity index (χ3v) is 5.99. The van der Waals surface area contributed by atoms with Gasteiger partial charge in [-0.1, -0.05) is 90.7 Å². The summed E-state index contributed by atoms with van der Waals surface area (Å²) < 4.78 is 16.3. The van der Waals surface area contributed by atoms with Crippen LogP contribution >= 0.6 is 0 Å². The van der Waals surface area contributed by atoms with Crippen molar-refractivity contribution in [1.82, 2.24) is 0 Å². The van der Waals surface area contributed by atoms with Crippen LogP contribution in [0.2, 0.25) is 0 Å². The van der Waals surface area contributed by atoms with Crippen molar-refractivity contribution in [3.63, 3.8) is 0 Å². The molecule has 176 valence electrons. The molecule has 5 heteroatoms. The van der Waals surface area contributed by atoms with Gasteiger partial charge in [0.25, 0.3) is 0 Å². The molecule has 0 heterocycles. The van der Waals surface area contributed by atoms with Gasteiger partial charge >= 0.3 is 11.9 Å². The van der Waals surface area contributed by atoms with Crippen LogP contribution < -0.4 is 9.47 Å². The van der Waals surface area contributed by atoms with Crippen molar-refractivity contribution in [3.8, 4) is 11.5 Å². The fraction of sp³-hybridized carbons (Fsp3) is 0.692. The number of methoxy groups -OCH3 is 1. The zero-order valence-corrected chi connectivity index (χ0v) is 20.0. The van der Waals surface area contributed by atoms with Crippen LogP contribution in [-0.4, -0.2) is 25.7 Å². The third-order valence-electron chi connectivity index (χ3n) is 5.99. The molecule has 0 amide bonds. The molecule has 0 aliphatic heterocycles. The molecule has 0 N–H and O–H groups in total. The highest BCUT2D eigenvalue weighted by Crippen LogP contribution is 2.34. The lowest BCUT2D eigenvalue weighted by atomic mass is 9.82. The Morgan fingerprint density at radius 1 is 0.742 bits per heavy atom. The number of benzene rings is 1. The van der Waals surface area contributed by atoms with E-state index in [1.807, 2.05) is 13.8 Å². The molecule has 0 bridgehead atoms. The Kier molecular flexibility index (Phi) is 13.7. The maximum Gasteiger partial charge on any atom is 0.328 e. The molecule has 31 heavy (non-hydrogen) atoms. The van der Waals surface area contributed by atoms with Crippen molar-refractivity contribution in [1.29, 1.82) is 0 Å². The van der Waals surface area contributed by atoms with E-state index >= 15 is 0 Å². The van der Waals surface area contributed by atoms with E-state index in [1.165, 1.54) is 52.1 Å². The Hall–Kier alpha value is -2.04. The van der Waals surface area contributed by atoms with Crippen LogP contribution in [0.4, 0.5) is 0 Å². The number of ether oxygens (including phenoxy) is 3. The van der Waals surface area contributed by atoms with E-state index in [0.29, 0.717) is 30.9 Å². The first-order chi connectivity index (χ1) is 15.1. The monoisotopic (exact) mass is 434 g/mol. The summed E-state index contributed by atoms with van der Waals surface area (Å²) in [5, 5.41) is 0. The molecule has 0 spiro atoms. The van der Waals surface area contributed by atoms with Crippen molar-refractivity contribution in [3.05, 3.63) is 24.3 Å². The van der Waals surface area contributed by atoms with E-state index in [2.05, 4.69) is 6.92 Å². The Balaban J connectivity index is 2.42. The molecule has 1 aromatic carbocycles. The number of carbonyl (C=O) groups excluding carboxylic acids is 2. The second kappa shape index (κ2) is 15.7. The van der Waals surface area contributed by atoms with Gasteiger partial charge in [-0.15, -0.1) is 0 Å². The summed E-state index contributed by atoms with van der Waals surface area (Å²) in [6.45, 7) is 6.21. The van der Waals surface area contributed by atoms with Crippen molar-refractivity contribution >= 4 is 11.9 Å². The van der Waals surface area contributed by atoms with Gasteiger partial charge in [-0.3, -0.25) is 9.59 Å². The highest BCUT2D eigenvalue weighted by atomic mass is 16.6. The van der Waals surface area contributed by atoms with Crippen molar-refractivity contribution in [2.75, 3.05) is 13.7 Å². The molecule has 0 saturated carbocycles. The summed E-state index contributed by atoms with van der Waals surface area (Å²) in [5.41, 5.74) is -1.29. The van der Waals surface area contributed by atoms with E-state index in [9.17, 15) is 9.59 Å². The van der Waals surface area contributed by atoms with Crippen LogP contribution in [0, 0.1) is 5.41 Å². The summed E-state index contributed by atoms with van der Waals surface area (Å²) in [6, 6.07) is 6.92. The standard InChI is InChI=1S/C26H42O5/c1-5-8-9-10-11-12-13-14-15-18-21-30-24(27)26(6-2,7-3)25(28)31-23-20-17-16-19-22(23)29-4/h16-17,19-20H,5-15,18,21H2,1-4H3. The maximum absolute atomic E-state index is 12.9. The first kappa shape index (κ1) is 27.0. The van der Waals surface area contributed by atoms with Crippen molar-refractivity contribution in [2.45, 2.75) is 97.8 Å². The summed E-state index contributed by atoms with van der Waals surface area (Å²) in [7, 11) is 1.51. The third kappa shape index (κ3) is 8.92. The molecule has 0 unspecified atom stereocenters. The fourth-order valence-electron chi connectivity index (χ4n) is 3.70. The van der Waals surface area contributed by atoms with Crippen LogP contribution in [0.5, 0.6) is 11.5 Å². The fourth-order valence-corrected chi connectivity index (χ4v) is 3.70. The largest absolute Gasteiger partial charge is 0.493 e. The minimum absolute atomic E-state index is 0.309. The van der Waals surface area contributed by atoms with Gasteiger partial charge in [0.1, 0.15) is 0 Å². The van der Waals surface area contributed by atoms with E-state index in [0.717, 1.165) is 19.3 Å². The molecule has 5 nitrogen and oxygen atoms in total. The maximum atomic E-state index is 12.9. The molecule has 0 aliphatic rings. The number of para-hydroxylation sites is 2. The Morgan fingerprint density at radius 2 is 1.26 bits per heavy atom. The summed E-state index contributed by atoms with van der Waals surface area (Å²) >= 11 is 0. The van der Waals surface area contributed by atoms with Crippen LogP contribution in [0.15, 0.2) is 24.3 Å². The van der Waals surface area contributed by atoms with Gasteiger partial charge in [-0.2, -0.15) is 0 Å². The Morgan fingerprint density at radius 3 is 1.77 bits per heavy atom. The van der Waals surface area contributed by atoms with Gasteiger partial charge in [-0.05, 0) is 31.4 Å². The first-order valence-corrected chi connectivity index (χ1v) is 12.1. The SMILES string of the molecule is CCCCCCCCCCCCOC(=O)C(CC)(CC)C(=O)Oc1ccccc1OC. The van der Waals surface area contributed by atoms with Crippen LogP contribution in [0.3, 0.4) is 0 Å². The smallest absolute Gasteiger partial charge is 0.328 e.